The first-order chi connectivity index (χ1) is 7.48. The summed E-state index contributed by atoms with van der Waals surface area (Å²) < 4.78 is 27.3. The molecule has 0 saturated carbocycles. The first-order valence-corrected chi connectivity index (χ1v) is 5.22. The zero-order chi connectivity index (χ0) is 12.2. The molecular formula is C12H15F2NO. The van der Waals surface area contributed by atoms with Gasteiger partial charge in [0.05, 0.1) is 0 Å². The molecule has 0 aliphatic rings. The van der Waals surface area contributed by atoms with Gasteiger partial charge in [-0.25, -0.2) is 0 Å². The Morgan fingerprint density at radius 1 is 1.38 bits per heavy atom. The summed E-state index contributed by atoms with van der Waals surface area (Å²) in [6, 6.07) is 6.85. The number of hydrogen-bond acceptors (Lipinski definition) is 1. The van der Waals surface area contributed by atoms with Crippen LogP contribution in [0, 0.1) is 0 Å². The molecule has 0 fully saturated rings. The predicted octanol–water partition coefficient (Wildman–Crippen LogP) is 2.69. The van der Waals surface area contributed by atoms with Gasteiger partial charge in [-0.05, 0) is 13.3 Å². The van der Waals surface area contributed by atoms with Gasteiger partial charge in [0, 0.05) is 11.6 Å². The van der Waals surface area contributed by atoms with Crippen LogP contribution >= 0.6 is 0 Å². The van der Waals surface area contributed by atoms with Crippen molar-refractivity contribution in [3.63, 3.8) is 0 Å². The molecule has 0 bridgehead atoms. The molecule has 2 nitrogen and oxygen atoms in total. The summed E-state index contributed by atoms with van der Waals surface area (Å²) in [5.74, 6) is -4.71. The van der Waals surface area contributed by atoms with E-state index in [1.165, 1.54) is 24.3 Å². The lowest BCUT2D eigenvalue weighted by Crippen LogP contribution is -2.42. The highest BCUT2D eigenvalue weighted by Gasteiger charge is 2.40. The molecule has 1 N–H and O–H groups in total. The lowest BCUT2D eigenvalue weighted by Gasteiger charge is -2.19. The fourth-order valence-electron chi connectivity index (χ4n) is 1.20. The van der Waals surface area contributed by atoms with E-state index >= 15 is 0 Å². The minimum atomic E-state index is -3.47. The van der Waals surface area contributed by atoms with E-state index in [1.807, 2.05) is 6.92 Å². The van der Waals surface area contributed by atoms with Gasteiger partial charge >= 0.3 is 5.92 Å². The molecule has 1 atom stereocenters. The Labute approximate surface area is 93.7 Å². The van der Waals surface area contributed by atoms with Gasteiger partial charge in [0.1, 0.15) is 0 Å². The molecule has 0 heterocycles. The van der Waals surface area contributed by atoms with Crippen molar-refractivity contribution < 1.29 is 13.6 Å². The maximum Gasteiger partial charge on any atom is 0.349 e. The lowest BCUT2D eigenvalue weighted by molar-refractivity contribution is -0.147. The van der Waals surface area contributed by atoms with Crippen LogP contribution in [0.3, 0.4) is 0 Å². The molecule has 0 aromatic heterocycles. The number of alkyl halides is 2. The molecule has 1 aromatic rings. The van der Waals surface area contributed by atoms with Crippen LogP contribution in [0.2, 0.25) is 0 Å². The van der Waals surface area contributed by atoms with Crippen LogP contribution < -0.4 is 5.32 Å². The van der Waals surface area contributed by atoms with Gasteiger partial charge in [0.2, 0.25) is 0 Å². The summed E-state index contributed by atoms with van der Waals surface area (Å²) in [7, 11) is 0. The average Bonchev–Trinajstić information content (AvgIpc) is 2.29. The molecule has 0 radical (unpaired) electrons. The van der Waals surface area contributed by atoms with E-state index in [1.54, 1.807) is 13.0 Å². The molecule has 1 amide bonds. The molecular weight excluding hydrogens is 212 g/mol. The number of carbonyl (C=O) groups excluding carboxylic acids is 1. The highest BCUT2D eigenvalue weighted by Crippen LogP contribution is 2.27. The van der Waals surface area contributed by atoms with Gasteiger partial charge < -0.3 is 5.32 Å². The second-order valence-corrected chi connectivity index (χ2v) is 3.72. The van der Waals surface area contributed by atoms with Crippen molar-refractivity contribution in [2.24, 2.45) is 0 Å². The minimum absolute atomic E-state index is 0.248. The first kappa shape index (κ1) is 12.6. The fourth-order valence-corrected chi connectivity index (χ4v) is 1.20. The van der Waals surface area contributed by atoms with E-state index in [2.05, 4.69) is 5.32 Å². The molecule has 0 aliphatic carbocycles. The zero-order valence-electron chi connectivity index (χ0n) is 9.34. The van der Waals surface area contributed by atoms with Crippen LogP contribution in [0.4, 0.5) is 8.78 Å². The molecule has 0 saturated heterocycles. The largest absolute Gasteiger partial charge is 0.349 e. The number of nitrogens with one attached hydrogen (secondary N) is 1. The van der Waals surface area contributed by atoms with Crippen molar-refractivity contribution in [2.45, 2.75) is 32.2 Å². The summed E-state index contributed by atoms with van der Waals surface area (Å²) in [5, 5.41) is 2.28. The van der Waals surface area contributed by atoms with E-state index in [0.717, 1.165) is 0 Å². The van der Waals surface area contributed by atoms with E-state index in [9.17, 15) is 13.6 Å². The summed E-state index contributed by atoms with van der Waals surface area (Å²) in [6.07, 6.45) is 0.622. The van der Waals surface area contributed by atoms with E-state index in [-0.39, 0.29) is 11.6 Å². The average molecular weight is 227 g/mol. The highest BCUT2D eigenvalue weighted by molar-refractivity contribution is 5.84. The Morgan fingerprint density at radius 3 is 2.44 bits per heavy atom. The maximum absolute atomic E-state index is 13.6. The Bertz CT molecular complexity index is 351. The number of benzene rings is 1. The van der Waals surface area contributed by atoms with E-state index in [0.29, 0.717) is 6.42 Å². The number of halogens is 2. The summed E-state index contributed by atoms with van der Waals surface area (Å²) >= 11 is 0. The van der Waals surface area contributed by atoms with E-state index in [4.69, 9.17) is 0 Å². The maximum atomic E-state index is 13.6. The van der Waals surface area contributed by atoms with Gasteiger partial charge in [-0.3, -0.25) is 4.79 Å². The third-order valence-corrected chi connectivity index (χ3v) is 2.41. The van der Waals surface area contributed by atoms with Crippen LogP contribution in [0.5, 0.6) is 0 Å². The third kappa shape index (κ3) is 2.78. The van der Waals surface area contributed by atoms with Crippen molar-refractivity contribution in [1.82, 2.24) is 5.32 Å². The number of amides is 1. The molecule has 1 aromatic carbocycles. The quantitative estimate of drug-likeness (QED) is 0.841. The second-order valence-electron chi connectivity index (χ2n) is 3.72. The first-order valence-electron chi connectivity index (χ1n) is 5.22. The van der Waals surface area contributed by atoms with Gasteiger partial charge in [-0.1, -0.05) is 37.3 Å². The Hall–Kier alpha value is -1.45. The number of hydrogen-bond donors (Lipinski definition) is 1. The molecule has 88 valence electrons. The topological polar surface area (TPSA) is 29.1 Å². The minimum Gasteiger partial charge on any atom is -0.348 e. The summed E-state index contributed by atoms with van der Waals surface area (Å²) in [4.78, 5) is 11.4. The van der Waals surface area contributed by atoms with Gasteiger partial charge in [0.25, 0.3) is 5.91 Å². The lowest BCUT2D eigenvalue weighted by atomic mass is 10.1. The van der Waals surface area contributed by atoms with Crippen molar-refractivity contribution in [2.75, 3.05) is 0 Å². The zero-order valence-corrected chi connectivity index (χ0v) is 9.34. The van der Waals surface area contributed by atoms with Crippen LogP contribution in [-0.2, 0) is 10.7 Å². The monoisotopic (exact) mass is 227 g/mol. The third-order valence-electron chi connectivity index (χ3n) is 2.41. The molecule has 0 spiro atoms. The number of carbonyl (C=O) groups is 1. The van der Waals surface area contributed by atoms with Gasteiger partial charge in [0.15, 0.2) is 0 Å². The van der Waals surface area contributed by atoms with Crippen LogP contribution in [0.1, 0.15) is 25.8 Å². The Morgan fingerprint density at radius 2 is 1.94 bits per heavy atom. The van der Waals surface area contributed by atoms with Crippen LogP contribution in [-0.4, -0.2) is 11.9 Å². The van der Waals surface area contributed by atoms with Crippen LogP contribution in [0.15, 0.2) is 30.3 Å². The van der Waals surface area contributed by atoms with E-state index < -0.39 is 11.8 Å². The van der Waals surface area contributed by atoms with Gasteiger partial charge in [-0.15, -0.1) is 0 Å². The second kappa shape index (κ2) is 5.05. The highest BCUT2D eigenvalue weighted by atomic mass is 19.3. The smallest absolute Gasteiger partial charge is 0.348 e. The SMILES string of the molecule is CCC(C)NC(=O)C(F)(F)c1ccccc1. The molecule has 0 aliphatic heterocycles. The van der Waals surface area contributed by atoms with Gasteiger partial charge in [-0.2, -0.15) is 8.78 Å². The molecule has 1 rings (SSSR count). The Balaban J connectivity index is 2.82. The normalized spacial score (nSPS) is 13.2. The van der Waals surface area contributed by atoms with Crippen molar-refractivity contribution in [1.29, 1.82) is 0 Å². The standard InChI is InChI=1S/C12H15F2NO/c1-3-9(2)15-11(16)12(13,14)10-7-5-4-6-8-10/h4-9H,3H2,1-2H3,(H,15,16). The van der Waals surface area contributed by atoms with Crippen molar-refractivity contribution >= 4 is 5.91 Å². The van der Waals surface area contributed by atoms with Crippen molar-refractivity contribution in [3.05, 3.63) is 35.9 Å². The van der Waals surface area contributed by atoms with Crippen LogP contribution in [0.25, 0.3) is 0 Å². The molecule has 16 heavy (non-hydrogen) atoms. The summed E-state index contributed by atoms with van der Waals surface area (Å²) in [5.41, 5.74) is -0.282. The number of rotatable bonds is 4. The molecule has 1 unspecified atom stereocenters. The summed E-state index contributed by atoms with van der Waals surface area (Å²) in [6.45, 7) is 3.52. The Kier molecular flexibility index (Phi) is 3.99. The van der Waals surface area contributed by atoms with Crippen molar-refractivity contribution in [3.8, 4) is 0 Å². The predicted molar refractivity (Wildman–Crippen MR) is 58.2 cm³/mol. The molecule has 4 heteroatoms. The fraction of sp³-hybridized carbons (Fsp3) is 0.417.